The van der Waals surface area contributed by atoms with Crippen LogP contribution in [0.5, 0.6) is 0 Å². The fourth-order valence-corrected chi connectivity index (χ4v) is 4.21. The SMILES string of the molecule is C=CCCc1ccc2c(F)c(C3CCC(CCC=C)CC3)ccc2c1. The molecule has 0 atom stereocenters. The molecule has 1 aliphatic carbocycles. The van der Waals surface area contributed by atoms with Crippen molar-refractivity contribution in [1.82, 2.24) is 0 Å². The standard InChI is InChI=1S/C24H29F/c1-3-5-7-18-9-12-20(13-10-18)22-16-14-21-17-19(8-6-4-2)11-15-23(21)24(22)25/h3-4,11,14-18,20H,1-2,5-10,12-13H2. The number of fused-ring (bicyclic) bond motifs is 1. The minimum absolute atomic E-state index is 0.00214. The van der Waals surface area contributed by atoms with Gasteiger partial charge in [-0.2, -0.15) is 0 Å². The molecule has 0 heterocycles. The van der Waals surface area contributed by atoms with Gasteiger partial charge in [0.1, 0.15) is 5.82 Å². The molecule has 1 aliphatic rings. The van der Waals surface area contributed by atoms with Gasteiger partial charge in [-0.1, -0.05) is 42.5 Å². The highest BCUT2D eigenvalue weighted by molar-refractivity contribution is 5.84. The van der Waals surface area contributed by atoms with Crippen LogP contribution in [0.4, 0.5) is 4.39 Å². The normalized spacial score (nSPS) is 20.5. The van der Waals surface area contributed by atoms with Gasteiger partial charge < -0.3 is 0 Å². The number of benzene rings is 2. The Balaban J connectivity index is 1.75. The Kier molecular flexibility index (Phi) is 6.07. The van der Waals surface area contributed by atoms with Crippen LogP contribution in [-0.2, 0) is 6.42 Å². The molecule has 0 unspecified atom stereocenters. The molecule has 1 heteroatoms. The molecule has 3 rings (SSSR count). The Bertz CT molecular complexity index is 735. The summed E-state index contributed by atoms with van der Waals surface area (Å²) in [5.74, 6) is 1.18. The highest BCUT2D eigenvalue weighted by Gasteiger charge is 2.24. The monoisotopic (exact) mass is 336 g/mol. The molecule has 1 fully saturated rings. The molecule has 0 aromatic heterocycles. The second-order valence-corrected chi connectivity index (χ2v) is 7.44. The zero-order valence-corrected chi connectivity index (χ0v) is 15.1. The van der Waals surface area contributed by atoms with E-state index in [0.717, 1.165) is 54.4 Å². The van der Waals surface area contributed by atoms with Crippen LogP contribution in [0.3, 0.4) is 0 Å². The van der Waals surface area contributed by atoms with Crippen LogP contribution in [0.1, 0.15) is 62.0 Å². The lowest BCUT2D eigenvalue weighted by atomic mass is 9.76. The summed E-state index contributed by atoms with van der Waals surface area (Å²) in [4.78, 5) is 0. The molecule has 0 nitrogen and oxygen atoms in total. The highest BCUT2D eigenvalue weighted by Crippen LogP contribution is 2.39. The lowest BCUT2D eigenvalue weighted by Gasteiger charge is -2.29. The van der Waals surface area contributed by atoms with Gasteiger partial charge in [-0.15, -0.1) is 13.2 Å². The molecular formula is C24H29F. The first-order valence-electron chi connectivity index (χ1n) is 9.65. The molecule has 0 spiro atoms. The first kappa shape index (κ1) is 17.9. The van der Waals surface area contributed by atoms with E-state index in [2.05, 4.69) is 31.4 Å². The second-order valence-electron chi connectivity index (χ2n) is 7.44. The van der Waals surface area contributed by atoms with E-state index in [4.69, 9.17) is 0 Å². The topological polar surface area (TPSA) is 0 Å². The summed E-state index contributed by atoms with van der Waals surface area (Å²) in [5.41, 5.74) is 2.18. The summed E-state index contributed by atoms with van der Waals surface area (Å²) in [6.07, 6.45) is 12.9. The van der Waals surface area contributed by atoms with Gasteiger partial charge in [-0.3, -0.25) is 0 Å². The van der Waals surface area contributed by atoms with Gasteiger partial charge >= 0.3 is 0 Å². The maximum absolute atomic E-state index is 15.1. The molecule has 2 aromatic carbocycles. The minimum atomic E-state index is 0.00214. The third-order valence-corrected chi connectivity index (χ3v) is 5.75. The molecule has 0 amide bonds. The fraction of sp³-hybridized carbons (Fsp3) is 0.417. The van der Waals surface area contributed by atoms with Gasteiger partial charge in [0, 0.05) is 5.39 Å². The second kappa shape index (κ2) is 8.47. The summed E-state index contributed by atoms with van der Waals surface area (Å²) >= 11 is 0. The first-order valence-corrected chi connectivity index (χ1v) is 9.65. The number of aryl methyl sites for hydroxylation is 1. The van der Waals surface area contributed by atoms with E-state index < -0.39 is 0 Å². The molecular weight excluding hydrogens is 307 g/mol. The Hall–Kier alpha value is -1.89. The summed E-state index contributed by atoms with van der Waals surface area (Å²) in [6, 6.07) is 10.3. The van der Waals surface area contributed by atoms with Gasteiger partial charge in [0.25, 0.3) is 0 Å². The number of rotatable bonds is 7. The van der Waals surface area contributed by atoms with E-state index in [1.165, 1.54) is 24.8 Å². The van der Waals surface area contributed by atoms with E-state index in [-0.39, 0.29) is 5.82 Å². The molecule has 1 saturated carbocycles. The van der Waals surface area contributed by atoms with Crippen molar-refractivity contribution in [3.05, 3.63) is 72.6 Å². The van der Waals surface area contributed by atoms with E-state index in [1.54, 1.807) is 0 Å². The van der Waals surface area contributed by atoms with Crippen LogP contribution in [0.2, 0.25) is 0 Å². The van der Waals surface area contributed by atoms with Crippen molar-refractivity contribution >= 4 is 10.8 Å². The van der Waals surface area contributed by atoms with Crippen LogP contribution in [0.15, 0.2) is 55.6 Å². The molecule has 0 N–H and O–H groups in total. The molecule has 0 radical (unpaired) electrons. The van der Waals surface area contributed by atoms with E-state index in [1.807, 2.05) is 24.3 Å². The number of hydrogen-bond acceptors (Lipinski definition) is 0. The van der Waals surface area contributed by atoms with E-state index in [9.17, 15) is 0 Å². The average Bonchev–Trinajstić information content (AvgIpc) is 2.65. The van der Waals surface area contributed by atoms with Crippen molar-refractivity contribution in [3.8, 4) is 0 Å². The van der Waals surface area contributed by atoms with Gasteiger partial charge in [-0.25, -0.2) is 4.39 Å². The van der Waals surface area contributed by atoms with E-state index >= 15 is 4.39 Å². The largest absolute Gasteiger partial charge is 0.206 e. The summed E-state index contributed by atoms with van der Waals surface area (Å²) < 4.78 is 15.1. The van der Waals surface area contributed by atoms with Crippen LogP contribution in [0, 0.1) is 11.7 Å². The Morgan fingerprint density at radius 1 is 0.960 bits per heavy atom. The van der Waals surface area contributed by atoms with Crippen molar-refractivity contribution in [2.75, 3.05) is 0 Å². The predicted molar refractivity (Wildman–Crippen MR) is 107 cm³/mol. The molecule has 2 aromatic rings. The zero-order chi connectivity index (χ0) is 17.6. The third-order valence-electron chi connectivity index (χ3n) is 5.75. The van der Waals surface area contributed by atoms with Gasteiger partial charge in [0.2, 0.25) is 0 Å². The van der Waals surface area contributed by atoms with Crippen molar-refractivity contribution in [2.24, 2.45) is 5.92 Å². The van der Waals surface area contributed by atoms with Crippen LogP contribution in [-0.4, -0.2) is 0 Å². The smallest absolute Gasteiger partial charge is 0.134 e. The predicted octanol–water partition coefficient (Wildman–Crippen LogP) is 7.34. The third kappa shape index (κ3) is 4.21. The maximum Gasteiger partial charge on any atom is 0.134 e. The maximum atomic E-state index is 15.1. The molecule has 25 heavy (non-hydrogen) atoms. The average molecular weight is 336 g/mol. The molecule has 0 saturated heterocycles. The van der Waals surface area contributed by atoms with Crippen molar-refractivity contribution in [3.63, 3.8) is 0 Å². The lowest BCUT2D eigenvalue weighted by Crippen LogP contribution is -2.14. The number of halogens is 1. The van der Waals surface area contributed by atoms with Crippen LogP contribution >= 0.6 is 0 Å². The summed E-state index contributed by atoms with van der Waals surface area (Å²) in [7, 11) is 0. The Labute approximate surface area is 151 Å². The zero-order valence-electron chi connectivity index (χ0n) is 15.1. The van der Waals surface area contributed by atoms with Crippen molar-refractivity contribution < 1.29 is 4.39 Å². The quantitative estimate of drug-likeness (QED) is 0.464. The van der Waals surface area contributed by atoms with Crippen molar-refractivity contribution in [2.45, 2.75) is 57.3 Å². The van der Waals surface area contributed by atoms with Gasteiger partial charge in [0.15, 0.2) is 0 Å². The Morgan fingerprint density at radius 2 is 1.72 bits per heavy atom. The summed E-state index contributed by atoms with van der Waals surface area (Å²) in [6.45, 7) is 7.59. The lowest BCUT2D eigenvalue weighted by molar-refractivity contribution is 0.308. The Morgan fingerprint density at radius 3 is 2.44 bits per heavy atom. The molecule has 132 valence electrons. The minimum Gasteiger partial charge on any atom is -0.206 e. The fourth-order valence-electron chi connectivity index (χ4n) is 4.21. The molecule has 0 aliphatic heterocycles. The molecule has 0 bridgehead atoms. The number of hydrogen-bond donors (Lipinski definition) is 0. The first-order chi connectivity index (χ1) is 12.2. The summed E-state index contributed by atoms with van der Waals surface area (Å²) in [5, 5.41) is 1.79. The van der Waals surface area contributed by atoms with Crippen LogP contribution in [0.25, 0.3) is 10.8 Å². The van der Waals surface area contributed by atoms with Gasteiger partial charge in [0.05, 0.1) is 0 Å². The van der Waals surface area contributed by atoms with E-state index in [0.29, 0.717) is 5.92 Å². The van der Waals surface area contributed by atoms with Crippen molar-refractivity contribution in [1.29, 1.82) is 0 Å². The van der Waals surface area contributed by atoms with Crippen LogP contribution < -0.4 is 0 Å². The number of allylic oxidation sites excluding steroid dienone is 2. The van der Waals surface area contributed by atoms with Gasteiger partial charge in [-0.05, 0) is 79.7 Å². The highest BCUT2D eigenvalue weighted by atomic mass is 19.1.